The van der Waals surface area contributed by atoms with Crippen molar-refractivity contribution >= 4 is 23.7 Å². The Morgan fingerprint density at radius 3 is 2.75 bits per heavy atom. The van der Waals surface area contributed by atoms with Gasteiger partial charge in [0.1, 0.15) is 17.3 Å². The number of amides is 1. The zero-order chi connectivity index (χ0) is 14.4. The number of hydrogen-bond acceptors (Lipinski definition) is 4. The van der Waals surface area contributed by atoms with E-state index in [0.717, 1.165) is 5.76 Å². The van der Waals surface area contributed by atoms with Crippen molar-refractivity contribution in [2.75, 3.05) is 6.61 Å². The Morgan fingerprint density at radius 1 is 1.35 bits per heavy atom. The van der Waals surface area contributed by atoms with E-state index in [2.05, 4.69) is 10.5 Å². The van der Waals surface area contributed by atoms with E-state index in [1.807, 2.05) is 13.0 Å². The fourth-order valence-electron chi connectivity index (χ4n) is 1.40. The number of rotatable bonds is 5. The van der Waals surface area contributed by atoms with Crippen LogP contribution < -0.4 is 10.2 Å². The highest BCUT2D eigenvalue weighted by molar-refractivity contribution is 6.30. The molecule has 6 heteroatoms. The maximum atomic E-state index is 11.5. The number of furan rings is 1. The first-order valence-corrected chi connectivity index (χ1v) is 6.28. The predicted octanol–water partition coefficient (Wildman–Crippen LogP) is 2.77. The average molecular weight is 293 g/mol. The minimum Gasteiger partial charge on any atom is -0.484 e. The van der Waals surface area contributed by atoms with Gasteiger partial charge in [-0.1, -0.05) is 11.6 Å². The molecule has 0 aliphatic heterocycles. The minimum atomic E-state index is -0.362. The highest BCUT2D eigenvalue weighted by Crippen LogP contribution is 2.15. The second kappa shape index (κ2) is 6.77. The monoisotopic (exact) mass is 292 g/mol. The number of halogens is 1. The second-order valence-corrected chi connectivity index (χ2v) is 4.42. The van der Waals surface area contributed by atoms with E-state index in [4.69, 9.17) is 20.8 Å². The van der Waals surface area contributed by atoms with Crippen LogP contribution in [0.15, 0.2) is 45.9 Å². The van der Waals surface area contributed by atoms with Crippen molar-refractivity contribution in [1.29, 1.82) is 0 Å². The van der Waals surface area contributed by atoms with E-state index in [1.54, 1.807) is 30.3 Å². The third-order valence-electron chi connectivity index (χ3n) is 2.33. The minimum absolute atomic E-state index is 0.129. The zero-order valence-corrected chi connectivity index (χ0v) is 11.6. The van der Waals surface area contributed by atoms with E-state index in [1.165, 1.54) is 6.21 Å². The Morgan fingerprint density at radius 2 is 2.10 bits per heavy atom. The fraction of sp³-hybridized carbons (Fsp3) is 0.143. The summed E-state index contributed by atoms with van der Waals surface area (Å²) in [6, 6.07) is 10.3. The van der Waals surface area contributed by atoms with Crippen molar-refractivity contribution in [2.24, 2.45) is 5.10 Å². The van der Waals surface area contributed by atoms with Crippen LogP contribution in [0.2, 0.25) is 5.02 Å². The lowest BCUT2D eigenvalue weighted by molar-refractivity contribution is -0.123. The molecule has 2 aromatic rings. The van der Waals surface area contributed by atoms with Gasteiger partial charge in [0.2, 0.25) is 0 Å². The summed E-state index contributed by atoms with van der Waals surface area (Å²) in [4.78, 5) is 11.5. The Balaban J connectivity index is 1.75. The molecule has 1 aromatic heterocycles. The molecule has 20 heavy (non-hydrogen) atoms. The summed E-state index contributed by atoms with van der Waals surface area (Å²) in [6.45, 7) is 1.70. The summed E-state index contributed by atoms with van der Waals surface area (Å²) in [7, 11) is 0. The first kappa shape index (κ1) is 14.1. The van der Waals surface area contributed by atoms with Crippen LogP contribution in [-0.4, -0.2) is 18.7 Å². The van der Waals surface area contributed by atoms with Crippen LogP contribution in [0.4, 0.5) is 0 Å². The molecule has 0 bridgehead atoms. The molecular formula is C14H13ClN2O3. The summed E-state index contributed by atoms with van der Waals surface area (Å²) in [5.74, 6) is 1.56. The Bertz CT molecular complexity index is 605. The third kappa shape index (κ3) is 4.44. The Kier molecular flexibility index (Phi) is 4.79. The summed E-state index contributed by atoms with van der Waals surface area (Å²) in [6.07, 6.45) is 1.42. The third-order valence-corrected chi connectivity index (χ3v) is 2.58. The van der Waals surface area contributed by atoms with Gasteiger partial charge in [-0.25, -0.2) is 5.43 Å². The topological polar surface area (TPSA) is 63.8 Å². The predicted molar refractivity (Wildman–Crippen MR) is 76.1 cm³/mol. The molecule has 0 unspecified atom stereocenters. The van der Waals surface area contributed by atoms with Crippen LogP contribution in [0.3, 0.4) is 0 Å². The number of carbonyl (C=O) groups is 1. The van der Waals surface area contributed by atoms with Gasteiger partial charge in [-0.3, -0.25) is 4.79 Å². The molecule has 0 saturated carbocycles. The first-order chi connectivity index (χ1) is 9.63. The maximum Gasteiger partial charge on any atom is 0.277 e. The first-order valence-electron chi connectivity index (χ1n) is 5.90. The normalized spacial score (nSPS) is 10.7. The molecule has 0 aliphatic rings. The van der Waals surface area contributed by atoms with Crippen molar-refractivity contribution in [3.05, 3.63) is 52.9 Å². The molecule has 1 amide bonds. The van der Waals surface area contributed by atoms with Gasteiger partial charge >= 0.3 is 0 Å². The number of benzene rings is 1. The molecule has 1 N–H and O–H groups in total. The molecule has 0 aliphatic carbocycles. The molecule has 0 fully saturated rings. The molecule has 0 atom stereocenters. The van der Waals surface area contributed by atoms with Crippen molar-refractivity contribution in [1.82, 2.24) is 5.43 Å². The standard InChI is InChI=1S/C14H13ClN2O3/c1-10-2-5-13(20-10)8-16-17-14(18)9-19-12-6-3-11(15)4-7-12/h2-8H,9H2,1H3,(H,17,18)/b16-8-. The summed E-state index contributed by atoms with van der Waals surface area (Å²) >= 11 is 5.74. The lowest BCUT2D eigenvalue weighted by Gasteiger charge is -2.04. The van der Waals surface area contributed by atoms with Gasteiger partial charge < -0.3 is 9.15 Å². The van der Waals surface area contributed by atoms with E-state index in [0.29, 0.717) is 16.5 Å². The van der Waals surface area contributed by atoms with Gasteiger partial charge in [0.15, 0.2) is 6.61 Å². The quantitative estimate of drug-likeness (QED) is 0.681. The summed E-state index contributed by atoms with van der Waals surface area (Å²) < 4.78 is 10.5. The fourth-order valence-corrected chi connectivity index (χ4v) is 1.53. The van der Waals surface area contributed by atoms with Crippen LogP contribution in [-0.2, 0) is 4.79 Å². The van der Waals surface area contributed by atoms with Crippen LogP contribution in [0.5, 0.6) is 5.75 Å². The van der Waals surface area contributed by atoms with E-state index < -0.39 is 0 Å². The van der Waals surface area contributed by atoms with Crippen molar-refractivity contribution < 1.29 is 13.9 Å². The maximum absolute atomic E-state index is 11.5. The van der Waals surface area contributed by atoms with Crippen LogP contribution in [0, 0.1) is 6.92 Å². The Hall–Kier alpha value is -2.27. The lowest BCUT2D eigenvalue weighted by Crippen LogP contribution is -2.24. The molecule has 1 heterocycles. The average Bonchev–Trinajstić information content (AvgIpc) is 2.84. The van der Waals surface area contributed by atoms with Gasteiger partial charge in [-0.2, -0.15) is 5.10 Å². The lowest BCUT2D eigenvalue weighted by atomic mass is 10.3. The van der Waals surface area contributed by atoms with E-state index in [-0.39, 0.29) is 12.5 Å². The molecular weight excluding hydrogens is 280 g/mol. The molecule has 1 aromatic carbocycles. The van der Waals surface area contributed by atoms with Gasteiger partial charge in [-0.15, -0.1) is 0 Å². The number of nitrogens with zero attached hydrogens (tertiary/aromatic N) is 1. The molecule has 0 radical (unpaired) electrons. The van der Waals surface area contributed by atoms with Gasteiger partial charge in [0, 0.05) is 5.02 Å². The van der Waals surface area contributed by atoms with Crippen LogP contribution in [0.25, 0.3) is 0 Å². The number of carbonyl (C=O) groups excluding carboxylic acids is 1. The summed E-state index contributed by atoms with van der Waals surface area (Å²) in [5.41, 5.74) is 2.34. The number of nitrogens with one attached hydrogen (secondary N) is 1. The zero-order valence-electron chi connectivity index (χ0n) is 10.8. The Labute approximate surface area is 121 Å². The number of aryl methyl sites for hydroxylation is 1. The molecule has 104 valence electrons. The highest BCUT2D eigenvalue weighted by Gasteiger charge is 2.01. The number of hydrogen-bond donors (Lipinski definition) is 1. The molecule has 0 spiro atoms. The second-order valence-electron chi connectivity index (χ2n) is 3.98. The van der Waals surface area contributed by atoms with Crippen LogP contribution in [0.1, 0.15) is 11.5 Å². The summed E-state index contributed by atoms with van der Waals surface area (Å²) in [5, 5.41) is 4.37. The van der Waals surface area contributed by atoms with Gasteiger partial charge in [0.05, 0.1) is 6.21 Å². The largest absolute Gasteiger partial charge is 0.484 e. The SMILES string of the molecule is Cc1ccc(/C=N\NC(=O)COc2ccc(Cl)cc2)o1. The van der Waals surface area contributed by atoms with Crippen molar-refractivity contribution in [3.8, 4) is 5.75 Å². The smallest absolute Gasteiger partial charge is 0.277 e. The van der Waals surface area contributed by atoms with Crippen LogP contribution >= 0.6 is 11.6 Å². The number of ether oxygens (including phenoxy) is 1. The van der Waals surface area contributed by atoms with Gasteiger partial charge in [0.25, 0.3) is 5.91 Å². The molecule has 0 saturated heterocycles. The van der Waals surface area contributed by atoms with E-state index >= 15 is 0 Å². The van der Waals surface area contributed by atoms with Crippen molar-refractivity contribution in [2.45, 2.75) is 6.92 Å². The number of hydrazone groups is 1. The van der Waals surface area contributed by atoms with Crippen molar-refractivity contribution in [3.63, 3.8) is 0 Å². The molecule has 2 rings (SSSR count). The highest BCUT2D eigenvalue weighted by atomic mass is 35.5. The molecule has 5 nitrogen and oxygen atoms in total. The van der Waals surface area contributed by atoms with Gasteiger partial charge in [-0.05, 0) is 43.3 Å². The van der Waals surface area contributed by atoms with E-state index in [9.17, 15) is 4.79 Å².